The molecule has 1 N–H and O–H groups in total. The number of aryl methyl sites for hydroxylation is 1. The van der Waals surface area contributed by atoms with Crippen LogP contribution in [0.5, 0.6) is 0 Å². The molecule has 8 heteroatoms. The molecule has 0 saturated carbocycles. The molecule has 0 bridgehead atoms. The Labute approximate surface area is 174 Å². The molecular weight excluding hydrogens is 405 g/mol. The van der Waals surface area contributed by atoms with E-state index in [2.05, 4.69) is 10.3 Å². The van der Waals surface area contributed by atoms with E-state index in [-0.39, 0.29) is 17.3 Å². The number of hydrogen-bond acceptors (Lipinski definition) is 4. The molecule has 0 radical (unpaired) electrons. The fourth-order valence-electron chi connectivity index (χ4n) is 3.71. The van der Waals surface area contributed by atoms with E-state index < -0.39 is 21.8 Å². The Morgan fingerprint density at radius 2 is 2.00 bits per heavy atom. The highest BCUT2D eigenvalue weighted by atomic mass is 32.2. The number of benzene rings is 2. The topological polar surface area (TPSA) is 79.4 Å². The predicted octanol–water partition coefficient (Wildman–Crippen LogP) is 3.72. The first-order chi connectivity index (χ1) is 14.4. The van der Waals surface area contributed by atoms with Crippen molar-refractivity contribution in [2.75, 3.05) is 18.4 Å². The van der Waals surface area contributed by atoms with E-state index in [0.717, 1.165) is 5.39 Å². The number of sulfonamides is 1. The largest absolute Gasteiger partial charge is 0.326 e. The van der Waals surface area contributed by atoms with Crippen molar-refractivity contribution in [3.8, 4) is 0 Å². The number of para-hydroxylation sites is 1. The lowest BCUT2D eigenvalue weighted by Crippen LogP contribution is -2.43. The lowest BCUT2D eigenvalue weighted by molar-refractivity contribution is -0.120. The molecule has 1 aromatic heterocycles. The van der Waals surface area contributed by atoms with Gasteiger partial charge < -0.3 is 5.32 Å². The Bertz CT molecular complexity index is 1210. The summed E-state index contributed by atoms with van der Waals surface area (Å²) in [7, 11) is -3.81. The molecule has 2 heterocycles. The van der Waals surface area contributed by atoms with Crippen LogP contribution in [0.3, 0.4) is 0 Å². The number of nitrogens with zero attached hydrogens (tertiary/aromatic N) is 2. The van der Waals surface area contributed by atoms with Crippen LogP contribution in [0.1, 0.15) is 18.4 Å². The van der Waals surface area contributed by atoms with Gasteiger partial charge in [-0.25, -0.2) is 12.8 Å². The van der Waals surface area contributed by atoms with Gasteiger partial charge in [-0.2, -0.15) is 4.31 Å². The highest BCUT2D eigenvalue weighted by molar-refractivity contribution is 7.89. The number of rotatable bonds is 4. The normalized spacial score (nSPS) is 17.7. The molecule has 2 aromatic carbocycles. The van der Waals surface area contributed by atoms with Crippen LogP contribution in [0.2, 0.25) is 0 Å². The zero-order chi connectivity index (χ0) is 21.3. The second-order valence-corrected chi connectivity index (χ2v) is 9.39. The molecule has 1 saturated heterocycles. The zero-order valence-corrected chi connectivity index (χ0v) is 17.3. The Balaban J connectivity index is 1.55. The lowest BCUT2D eigenvalue weighted by Gasteiger charge is -2.31. The van der Waals surface area contributed by atoms with Crippen LogP contribution in [-0.4, -0.2) is 36.7 Å². The maximum absolute atomic E-state index is 13.8. The molecule has 0 aliphatic carbocycles. The molecule has 0 unspecified atom stereocenters. The highest BCUT2D eigenvalue weighted by Gasteiger charge is 2.34. The number of pyridine rings is 1. The second-order valence-electron chi connectivity index (χ2n) is 7.49. The van der Waals surface area contributed by atoms with Crippen LogP contribution in [0.25, 0.3) is 10.9 Å². The van der Waals surface area contributed by atoms with Crippen LogP contribution in [-0.2, 0) is 14.8 Å². The van der Waals surface area contributed by atoms with E-state index in [1.54, 1.807) is 43.5 Å². The van der Waals surface area contributed by atoms with Gasteiger partial charge in [0.1, 0.15) is 10.7 Å². The minimum absolute atomic E-state index is 0.0751. The average molecular weight is 428 g/mol. The third kappa shape index (κ3) is 3.93. The number of amides is 1. The van der Waals surface area contributed by atoms with E-state index >= 15 is 0 Å². The highest BCUT2D eigenvalue weighted by Crippen LogP contribution is 2.28. The SMILES string of the molecule is Cc1ccc(NC(=O)[C@H]2CCCN(S(=O)(=O)c3cccc4cccnc34)C2)cc1F. The number of halogens is 1. The van der Waals surface area contributed by atoms with Gasteiger partial charge in [-0.05, 0) is 49.6 Å². The number of fused-ring (bicyclic) bond motifs is 1. The predicted molar refractivity (Wildman–Crippen MR) is 113 cm³/mol. The van der Waals surface area contributed by atoms with Crippen molar-refractivity contribution in [2.45, 2.75) is 24.7 Å². The van der Waals surface area contributed by atoms with Crippen molar-refractivity contribution in [1.29, 1.82) is 0 Å². The molecule has 1 aliphatic heterocycles. The maximum atomic E-state index is 13.8. The molecule has 1 aliphatic rings. The molecule has 6 nitrogen and oxygen atoms in total. The Morgan fingerprint density at radius 3 is 2.80 bits per heavy atom. The van der Waals surface area contributed by atoms with Gasteiger partial charge in [0, 0.05) is 30.4 Å². The van der Waals surface area contributed by atoms with Crippen molar-refractivity contribution in [1.82, 2.24) is 9.29 Å². The van der Waals surface area contributed by atoms with Gasteiger partial charge in [-0.1, -0.05) is 24.3 Å². The number of hydrogen-bond donors (Lipinski definition) is 1. The maximum Gasteiger partial charge on any atom is 0.245 e. The zero-order valence-electron chi connectivity index (χ0n) is 16.5. The summed E-state index contributed by atoms with van der Waals surface area (Å²) in [5, 5.41) is 3.45. The molecule has 3 aromatic rings. The van der Waals surface area contributed by atoms with Gasteiger partial charge in [0.25, 0.3) is 0 Å². The van der Waals surface area contributed by atoms with Crippen molar-refractivity contribution in [3.05, 3.63) is 66.1 Å². The van der Waals surface area contributed by atoms with Gasteiger partial charge in [0.05, 0.1) is 11.4 Å². The van der Waals surface area contributed by atoms with Crippen LogP contribution in [0.15, 0.2) is 59.6 Å². The first-order valence-corrected chi connectivity index (χ1v) is 11.2. The number of nitrogens with one attached hydrogen (secondary N) is 1. The summed E-state index contributed by atoms with van der Waals surface area (Å²) in [6.07, 6.45) is 2.70. The van der Waals surface area contributed by atoms with Crippen molar-refractivity contribution in [3.63, 3.8) is 0 Å². The molecule has 1 fully saturated rings. The monoisotopic (exact) mass is 427 g/mol. The first kappa shape index (κ1) is 20.4. The Morgan fingerprint density at radius 1 is 1.20 bits per heavy atom. The van der Waals surface area contributed by atoms with E-state index in [0.29, 0.717) is 36.2 Å². The average Bonchev–Trinajstić information content (AvgIpc) is 2.76. The first-order valence-electron chi connectivity index (χ1n) is 9.77. The smallest absolute Gasteiger partial charge is 0.245 e. The van der Waals surface area contributed by atoms with Crippen LogP contribution in [0.4, 0.5) is 10.1 Å². The summed E-state index contributed by atoms with van der Waals surface area (Å²) in [5.41, 5.74) is 1.27. The van der Waals surface area contributed by atoms with E-state index in [4.69, 9.17) is 0 Å². The summed E-state index contributed by atoms with van der Waals surface area (Å²) >= 11 is 0. The summed E-state index contributed by atoms with van der Waals surface area (Å²) < 4.78 is 41.7. The molecule has 1 atom stereocenters. The fraction of sp³-hybridized carbons (Fsp3) is 0.273. The van der Waals surface area contributed by atoms with E-state index in [1.165, 1.54) is 10.4 Å². The quantitative estimate of drug-likeness (QED) is 0.688. The van der Waals surface area contributed by atoms with Crippen LogP contribution < -0.4 is 5.32 Å². The van der Waals surface area contributed by atoms with Gasteiger partial charge in [-0.15, -0.1) is 0 Å². The van der Waals surface area contributed by atoms with Crippen LogP contribution in [0, 0.1) is 18.7 Å². The Hall–Kier alpha value is -2.84. The molecule has 4 rings (SSSR count). The van der Waals surface area contributed by atoms with Crippen molar-refractivity contribution >= 4 is 32.5 Å². The van der Waals surface area contributed by atoms with Gasteiger partial charge in [0.15, 0.2) is 0 Å². The summed E-state index contributed by atoms with van der Waals surface area (Å²) in [6.45, 7) is 2.06. The number of aromatic nitrogens is 1. The fourth-order valence-corrected chi connectivity index (χ4v) is 5.40. The molecule has 30 heavy (non-hydrogen) atoms. The molecule has 1 amide bonds. The second kappa shape index (κ2) is 8.12. The summed E-state index contributed by atoms with van der Waals surface area (Å²) in [5.74, 6) is -1.22. The standard InChI is InChI=1S/C22H22FN3O3S/c1-15-9-10-18(13-19(15)23)25-22(27)17-7-4-12-26(14-17)30(28,29)20-8-2-5-16-6-3-11-24-21(16)20/h2-3,5-6,8-11,13,17H,4,7,12,14H2,1H3,(H,25,27)/t17-/m0/s1. The van der Waals surface area contributed by atoms with Crippen molar-refractivity contribution < 1.29 is 17.6 Å². The molecule has 0 spiro atoms. The summed E-state index contributed by atoms with van der Waals surface area (Å²) in [4.78, 5) is 17.1. The number of anilines is 1. The van der Waals surface area contributed by atoms with Gasteiger partial charge >= 0.3 is 0 Å². The number of carbonyl (C=O) groups excluding carboxylic acids is 1. The molecular formula is C22H22FN3O3S. The Kier molecular flexibility index (Phi) is 5.53. The van der Waals surface area contributed by atoms with E-state index in [1.807, 2.05) is 12.1 Å². The van der Waals surface area contributed by atoms with E-state index in [9.17, 15) is 17.6 Å². The minimum Gasteiger partial charge on any atom is -0.326 e. The lowest BCUT2D eigenvalue weighted by atomic mass is 9.98. The summed E-state index contributed by atoms with van der Waals surface area (Å²) in [6, 6.07) is 13.1. The van der Waals surface area contributed by atoms with Gasteiger partial charge in [0.2, 0.25) is 15.9 Å². The van der Waals surface area contributed by atoms with Crippen molar-refractivity contribution in [2.24, 2.45) is 5.92 Å². The van der Waals surface area contributed by atoms with Gasteiger partial charge in [-0.3, -0.25) is 9.78 Å². The molecule has 156 valence electrons. The van der Waals surface area contributed by atoms with Crippen LogP contribution >= 0.6 is 0 Å². The third-order valence-corrected chi connectivity index (χ3v) is 7.30. The number of carbonyl (C=O) groups is 1. The third-order valence-electron chi connectivity index (χ3n) is 5.41. The minimum atomic E-state index is -3.81. The number of piperidine rings is 1.